The predicted octanol–water partition coefficient (Wildman–Crippen LogP) is 3.45. The van der Waals surface area contributed by atoms with Gasteiger partial charge in [-0.2, -0.15) is 0 Å². The van der Waals surface area contributed by atoms with Crippen molar-refractivity contribution in [3.05, 3.63) is 34.6 Å². The fourth-order valence-electron chi connectivity index (χ4n) is 3.49. The van der Waals surface area contributed by atoms with Gasteiger partial charge in [-0.1, -0.05) is 17.7 Å². The largest absolute Gasteiger partial charge is 0.381 e. The van der Waals surface area contributed by atoms with E-state index < -0.39 is 0 Å². The molecule has 2 heterocycles. The van der Waals surface area contributed by atoms with Crippen molar-refractivity contribution < 1.29 is 13.9 Å². The second-order valence-electron chi connectivity index (χ2n) is 6.09. The fourth-order valence-corrected chi connectivity index (χ4v) is 3.65. The first-order chi connectivity index (χ1) is 10.1. The van der Waals surface area contributed by atoms with Crippen LogP contribution < -0.4 is 5.73 Å². The number of ether oxygens (including phenoxy) is 2. The fraction of sp³-hybridized carbons (Fsp3) is 0.625. The lowest BCUT2D eigenvalue weighted by Gasteiger charge is -2.44. The summed E-state index contributed by atoms with van der Waals surface area (Å²) in [5.74, 6) is -0.0879. The quantitative estimate of drug-likeness (QED) is 0.909. The van der Waals surface area contributed by atoms with E-state index in [1.165, 1.54) is 6.07 Å². The van der Waals surface area contributed by atoms with Crippen molar-refractivity contribution in [3.63, 3.8) is 0 Å². The molecule has 0 aromatic heterocycles. The van der Waals surface area contributed by atoms with Crippen LogP contribution in [0.15, 0.2) is 18.2 Å². The molecule has 0 amide bonds. The second-order valence-corrected chi connectivity index (χ2v) is 6.52. The van der Waals surface area contributed by atoms with Crippen LogP contribution in [0.4, 0.5) is 4.39 Å². The molecule has 0 aliphatic carbocycles. The van der Waals surface area contributed by atoms with E-state index in [1.54, 1.807) is 12.1 Å². The van der Waals surface area contributed by atoms with Crippen molar-refractivity contribution in [2.75, 3.05) is 19.8 Å². The van der Waals surface area contributed by atoms with E-state index in [4.69, 9.17) is 26.8 Å². The van der Waals surface area contributed by atoms with Gasteiger partial charge < -0.3 is 15.2 Å². The molecule has 3 nitrogen and oxygen atoms in total. The highest BCUT2D eigenvalue weighted by Crippen LogP contribution is 2.41. The first kappa shape index (κ1) is 15.2. The highest BCUT2D eigenvalue weighted by atomic mass is 35.5. The zero-order valence-electron chi connectivity index (χ0n) is 12.0. The van der Waals surface area contributed by atoms with Crippen LogP contribution >= 0.6 is 11.6 Å². The minimum absolute atomic E-state index is 0.123. The van der Waals surface area contributed by atoms with Gasteiger partial charge in [-0.25, -0.2) is 4.39 Å². The van der Waals surface area contributed by atoms with Crippen molar-refractivity contribution in [1.82, 2.24) is 0 Å². The molecule has 1 spiro atoms. The zero-order valence-corrected chi connectivity index (χ0v) is 12.7. The molecule has 2 aliphatic heterocycles. The van der Waals surface area contributed by atoms with Crippen molar-refractivity contribution in [1.29, 1.82) is 0 Å². The maximum absolute atomic E-state index is 14.1. The lowest BCUT2D eigenvalue weighted by molar-refractivity contribution is -0.149. The molecule has 0 bridgehead atoms. The van der Waals surface area contributed by atoms with Gasteiger partial charge in [0.15, 0.2) is 0 Å². The van der Waals surface area contributed by atoms with Crippen LogP contribution in [-0.4, -0.2) is 25.4 Å². The Hall–Kier alpha value is -0.680. The number of halogens is 2. The summed E-state index contributed by atoms with van der Waals surface area (Å²) in [4.78, 5) is 0. The monoisotopic (exact) mass is 313 g/mol. The normalized spacial score (nSPS) is 26.7. The Balaban J connectivity index is 1.76. The molecule has 116 valence electrons. The Kier molecular flexibility index (Phi) is 4.50. The van der Waals surface area contributed by atoms with Gasteiger partial charge in [-0.15, -0.1) is 0 Å². The smallest absolute Gasteiger partial charge is 0.129 e. The van der Waals surface area contributed by atoms with E-state index >= 15 is 0 Å². The Morgan fingerprint density at radius 3 is 2.76 bits per heavy atom. The Bertz CT molecular complexity index is 500. The first-order valence-electron chi connectivity index (χ1n) is 7.52. The molecule has 2 atom stereocenters. The van der Waals surface area contributed by atoms with Gasteiger partial charge in [0, 0.05) is 36.4 Å². The topological polar surface area (TPSA) is 44.5 Å². The summed E-state index contributed by atoms with van der Waals surface area (Å²) >= 11 is 5.81. The zero-order chi connectivity index (χ0) is 14.9. The Morgan fingerprint density at radius 1 is 1.29 bits per heavy atom. The van der Waals surface area contributed by atoms with Crippen LogP contribution in [0.1, 0.15) is 37.3 Å². The Morgan fingerprint density at radius 2 is 2.05 bits per heavy atom. The summed E-state index contributed by atoms with van der Waals surface area (Å²) in [6.07, 6.45) is 3.55. The predicted molar refractivity (Wildman–Crippen MR) is 79.8 cm³/mol. The summed E-state index contributed by atoms with van der Waals surface area (Å²) < 4.78 is 25.5. The maximum Gasteiger partial charge on any atom is 0.129 e. The van der Waals surface area contributed by atoms with E-state index in [0.29, 0.717) is 17.2 Å². The molecule has 5 heteroatoms. The molecule has 1 aromatic rings. The maximum atomic E-state index is 14.1. The van der Waals surface area contributed by atoms with Crippen LogP contribution in [-0.2, 0) is 9.47 Å². The van der Waals surface area contributed by atoms with Crippen molar-refractivity contribution in [2.24, 2.45) is 11.7 Å². The SMILES string of the molecule is NC(c1ccc(Cl)cc1F)C1CCOC2(CCOCC2)C1. The molecule has 2 fully saturated rings. The molecule has 2 saturated heterocycles. The molecule has 1 aromatic carbocycles. The summed E-state index contributed by atoms with van der Waals surface area (Å²) in [6.45, 7) is 2.15. The number of hydrogen-bond acceptors (Lipinski definition) is 3. The summed E-state index contributed by atoms with van der Waals surface area (Å²) in [5.41, 5.74) is 6.77. The standard InChI is InChI=1S/C16H21ClFNO2/c17-12-1-2-13(14(18)9-12)15(19)11-3-6-21-16(10-11)4-7-20-8-5-16/h1-2,9,11,15H,3-8,10,19H2. The molecular formula is C16H21ClFNO2. The summed E-state index contributed by atoms with van der Waals surface area (Å²) in [7, 11) is 0. The van der Waals surface area contributed by atoms with E-state index in [9.17, 15) is 4.39 Å². The van der Waals surface area contributed by atoms with Crippen LogP contribution in [0.2, 0.25) is 5.02 Å². The van der Waals surface area contributed by atoms with Crippen LogP contribution in [0.3, 0.4) is 0 Å². The van der Waals surface area contributed by atoms with Gasteiger partial charge in [-0.3, -0.25) is 0 Å². The highest BCUT2D eigenvalue weighted by Gasteiger charge is 2.41. The molecule has 0 radical (unpaired) electrons. The number of nitrogens with two attached hydrogens (primary N) is 1. The van der Waals surface area contributed by atoms with Crippen molar-refractivity contribution in [3.8, 4) is 0 Å². The third-order valence-electron chi connectivity index (χ3n) is 4.76. The highest BCUT2D eigenvalue weighted by molar-refractivity contribution is 6.30. The average Bonchev–Trinajstić information content (AvgIpc) is 2.47. The third-order valence-corrected chi connectivity index (χ3v) is 5.00. The minimum atomic E-state index is -0.317. The molecule has 0 saturated carbocycles. The van der Waals surface area contributed by atoms with Crippen LogP contribution in [0.5, 0.6) is 0 Å². The van der Waals surface area contributed by atoms with Gasteiger partial charge >= 0.3 is 0 Å². The minimum Gasteiger partial charge on any atom is -0.381 e. The molecule has 21 heavy (non-hydrogen) atoms. The van der Waals surface area contributed by atoms with Gasteiger partial charge in [-0.05, 0) is 43.7 Å². The van der Waals surface area contributed by atoms with Gasteiger partial charge in [0.2, 0.25) is 0 Å². The van der Waals surface area contributed by atoms with Gasteiger partial charge in [0.05, 0.1) is 5.60 Å². The van der Waals surface area contributed by atoms with Crippen molar-refractivity contribution in [2.45, 2.75) is 37.3 Å². The van der Waals surface area contributed by atoms with E-state index in [1.807, 2.05) is 0 Å². The molecule has 3 rings (SSSR count). The number of hydrogen-bond donors (Lipinski definition) is 1. The summed E-state index contributed by atoms with van der Waals surface area (Å²) in [6, 6.07) is 4.42. The first-order valence-corrected chi connectivity index (χ1v) is 7.90. The van der Waals surface area contributed by atoms with Crippen molar-refractivity contribution >= 4 is 11.6 Å². The number of rotatable bonds is 2. The lowest BCUT2D eigenvalue weighted by Crippen LogP contribution is -2.46. The lowest BCUT2D eigenvalue weighted by atomic mass is 9.76. The van der Waals surface area contributed by atoms with E-state index in [-0.39, 0.29) is 23.4 Å². The van der Waals surface area contributed by atoms with Gasteiger partial charge in [0.25, 0.3) is 0 Å². The van der Waals surface area contributed by atoms with Crippen LogP contribution in [0, 0.1) is 11.7 Å². The molecule has 2 N–H and O–H groups in total. The van der Waals surface area contributed by atoms with Gasteiger partial charge in [0.1, 0.15) is 5.82 Å². The molecular weight excluding hydrogens is 293 g/mol. The van der Waals surface area contributed by atoms with E-state index in [0.717, 1.165) is 38.9 Å². The third kappa shape index (κ3) is 3.24. The molecule has 2 aliphatic rings. The average molecular weight is 314 g/mol. The summed E-state index contributed by atoms with van der Waals surface area (Å²) in [5, 5.41) is 0.399. The Labute approximate surface area is 129 Å². The number of benzene rings is 1. The second kappa shape index (κ2) is 6.21. The van der Waals surface area contributed by atoms with E-state index in [2.05, 4.69) is 0 Å². The van der Waals surface area contributed by atoms with Crippen LogP contribution in [0.25, 0.3) is 0 Å². The molecule has 2 unspecified atom stereocenters.